The molecule has 296 valence electrons. The number of hydrogen-bond acceptors (Lipinski definition) is 2. The van der Waals surface area contributed by atoms with Gasteiger partial charge in [0.1, 0.15) is 11.2 Å². The van der Waals surface area contributed by atoms with Gasteiger partial charge < -0.3 is 13.9 Å². The smallest absolute Gasteiger partial charge is 0.143 e. The van der Waals surface area contributed by atoms with E-state index in [0.717, 1.165) is 78.1 Å². The molecule has 0 bridgehead atoms. The summed E-state index contributed by atoms with van der Waals surface area (Å²) in [6.45, 7) is 0. The molecule has 0 unspecified atom stereocenters. The molecule has 12 aromatic rings. The average molecular weight is 805 g/mol. The average Bonchev–Trinajstić information content (AvgIpc) is 3.91. The van der Waals surface area contributed by atoms with Crippen LogP contribution >= 0.6 is 0 Å². The lowest BCUT2D eigenvalue weighted by Crippen LogP contribution is -2.10. The summed E-state index contributed by atoms with van der Waals surface area (Å²) in [6.07, 6.45) is 0. The Balaban J connectivity index is 1.000. The van der Waals surface area contributed by atoms with Crippen molar-refractivity contribution in [2.24, 2.45) is 0 Å². The normalized spacial score (nSPS) is 11.5. The summed E-state index contributed by atoms with van der Waals surface area (Å²) >= 11 is 0. The second-order valence-corrected chi connectivity index (χ2v) is 16.1. The quantitative estimate of drug-likeness (QED) is 0.153. The maximum absolute atomic E-state index is 6.49. The lowest BCUT2D eigenvalue weighted by Gasteiger charge is -2.27. The van der Waals surface area contributed by atoms with Crippen molar-refractivity contribution in [3.63, 3.8) is 0 Å². The third kappa shape index (κ3) is 6.38. The molecular formula is C60H40N2O. The predicted molar refractivity (Wildman–Crippen MR) is 264 cm³/mol. The lowest BCUT2D eigenvalue weighted by molar-refractivity contribution is 0.670. The zero-order valence-corrected chi connectivity index (χ0v) is 34.4. The van der Waals surface area contributed by atoms with Crippen molar-refractivity contribution in [1.82, 2.24) is 4.57 Å². The molecule has 2 aromatic heterocycles. The van der Waals surface area contributed by atoms with Crippen LogP contribution in [0.4, 0.5) is 17.1 Å². The van der Waals surface area contributed by atoms with Gasteiger partial charge in [0.05, 0.1) is 11.0 Å². The van der Waals surface area contributed by atoms with E-state index in [0.29, 0.717) is 0 Å². The Morgan fingerprint density at radius 3 is 1.51 bits per heavy atom. The second kappa shape index (κ2) is 15.3. The van der Waals surface area contributed by atoms with Gasteiger partial charge in [-0.1, -0.05) is 170 Å². The SMILES string of the molecule is c1ccc(-c2ccc(N(c3ccc(-n4c5ccccc5c5ccccc54)cc3)c3ccc(-c4cccc(-c5cccc6c5oc5ccccc56)c4)c(-c4ccccc4)c3)cc2)cc1. The van der Waals surface area contributed by atoms with Crippen LogP contribution in [0, 0.1) is 0 Å². The highest BCUT2D eigenvalue weighted by Crippen LogP contribution is 2.43. The van der Waals surface area contributed by atoms with Gasteiger partial charge in [0.25, 0.3) is 0 Å². The summed E-state index contributed by atoms with van der Waals surface area (Å²) in [5, 5.41) is 4.77. The van der Waals surface area contributed by atoms with Crippen LogP contribution in [0.25, 0.3) is 93.9 Å². The van der Waals surface area contributed by atoms with Crippen molar-refractivity contribution >= 4 is 60.8 Å². The summed E-state index contributed by atoms with van der Waals surface area (Å²) < 4.78 is 8.87. The van der Waals surface area contributed by atoms with E-state index < -0.39 is 0 Å². The van der Waals surface area contributed by atoms with Crippen LogP contribution in [0.5, 0.6) is 0 Å². The van der Waals surface area contributed by atoms with Crippen molar-refractivity contribution in [1.29, 1.82) is 0 Å². The molecule has 0 saturated heterocycles. The van der Waals surface area contributed by atoms with Gasteiger partial charge in [-0.25, -0.2) is 0 Å². The van der Waals surface area contributed by atoms with Gasteiger partial charge in [-0.15, -0.1) is 0 Å². The third-order valence-electron chi connectivity index (χ3n) is 12.4. The van der Waals surface area contributed by atoms with Gasteiger partial charge in [0, 0.05) is 49.9 Å². The highest BCUT2D eigenvalue weighted by atomic mass is 16.3. The molecule has 63 heavy (non-hydrogen) atoms. The maximum atomic E-state index is 6.49. The predicted octanol–water partition coefficient (Wildman–Crippen LogP) is 16.8. The Hall–Kier alpha value is -8.40. The van der Waals surface area contributed by atoms with E-state index in [1.807, 2.05) is 12.1 Å². The van der Waals surface area contributed by atoms with Gasteiger partial charge in [-0.05, 0) is 112 Å². The highest BCUT2D eigenvalue weighted by molar-refractivity contribution is 6.10. The minimum atomic E-state index is 0.902. The molecule has 0 aliphatic rings. The van der Waals surface area contributed by atoms with Gasteiger partial charge >= 0.3 is 0 Å². The number of furan rings is 1. The van der Waals surface area contributed by atoms with Crippen LogP contribution in [-0.2, 0) is 0 Å². The number of para-hydroxylation sites is 4. The number of aromatic nitrogens is 1. The van der Waals surface area contributed by atoms with E-state index in [4.69, 9.17) is 4.42 Å². The monoisotopic (exact) mass is 804 g/mol. The molecule has 0 amide bonds. The largest absolute Gasteiger partial charge is 0.455 e. The molecule has 12 rings (SSSR count). The van der Waals surface area contributed by atoms with Crippen molar-refractivity contribution in [3.8, 4) is 50.2 Å². The van der Waals surface area contributed by atoms with E-state index >= 15 is 0 Å². The van der Waals surface area contributed by atoms with Crippen LogP contribution in [0.2, 0.25) is 0 Å². The van der Waals surface area contributed by atoms with Gasteiger partial charge in [-0.3, -0.25) is 0 Å². The fourth-order valence-electron chi connectivity index (χ4n) is 9.44. The first-order valence-electron chi connectivity index (χ1n) is 21.5. The molecule has 0 N–H and O–H groups in total. The van der Waals surface area contributed by atoms with E-state index in [-0.39, 0.29) is 0 Å². The van der Waals surface area contributed by atoms with Gasteiger partial charge in [0.15, 0.2) is 0 Å². The molecule has 0 radical (unpaired) electrons. The Bertz CT molecular complexity index is 3550. The zero-order valence-electron chi connectivity index (χ0n) is 34.4. The summed E-state index contributed by atoms with van der Waals surface area (Å²) in [5.74, 6) is 0. The van der Waals surface area contributed by atoms with E-state index in [1.165, 1.54) is 32.9 Å². The molecule has 0 aliphatic heterocycles. The zero-order chi connectivity index (χ0) is 41.7. The lowest BCUT2D eigenvalue weighted by atomic mass is 9.91. The molecule has 3 nitrogen and oxygen atoms in total. The van der Waals surface area contributed by atoms with Crippen LogP contribution in [-0.4, -0.2) is 4.57 Å². The second-order valence-electron chi connectivity index (χ2n) is 16.1. The molecule has 2 heterocycles. The van der Waals surface area contributed by atoms with Crippen LogP contribution < -0.4 is 4.90 Å². The Morgan fingerprint density at radius 2 is 0.810 bits per heavy atom. The van der Waals surface area contributed by atoms with Crippen LogP contribution in [0.1, 0.15) is 0 Å². The topological polar surface area (TPSA) is 21.3 Å². The minimum absolute atomic E-state index is 0.902. The van der Waals surface area contributed by atoms with Gasteiger partial charge in [0.2, 0.25) is 0 Å². The third-order valence-corrected chi connectivity index (χ3v) is 12.4. The molecule has 0 fully saturated rings. The first-order valence-corrected chi connectivity index (χ1v) is 21.5. The van der Waals surface area contributed by atoms with E-state index in [1.54, 1.807) is 0 Å². The van der Waals surface area contributed by atoms with Gasteiger partial charge in [-0.2, -0.15) is 0 Å². The molecule has 0 saturated carbocycles. The maximum Gasteiger partial charge on any atom is 0.143 e. The summed E-state index contributed by atoms with van der Waals surface area (Å²) in [5.41, 5.74) is 17.7. The number of rotatable bonds is 8. The number of nitrogens with zero attached hydrogens (tertiary/aromatic N) is 2. The first-order chi connectivity index (χ1) is 31.2. The van der Waals surface area contributed by atoms with Crippen LogP contribution in [0.3, 0.4) is 0 Å². The molecule has 0 atom stereocenters. The van der Waals surface area contributed by atoms with E-state index in [2.05, 4.69) is 240 Å². The minimum Gasteiger partial charge on any atom is -0.455 e. The fourth-order valence-corrected chi connectivity index (χ4v) is 9.44. The summed E-state index contributed by atoms with van der Waals surface area (Å²) in [4.78, 5) is 2.37. The van der Waals surface area contributed by atoms with Crippen molar-refractivity contribution in [2.45, 2.75) is 0 Å². The molecule has 3 heteroatoms. The van der Waals surface area contributed by atoms with Crippen molar-refractivity contribution in [3.05, 3.63) is 243 Å². The summed E-state index contributed by atoms with van der Waals surface area (Å²) in [7, 11) is 0. The Morgan fingerprint density at radius 1 is 0.302 bits per heavy atom. The van der Waals surface area contributed by atoms with E-state index in [9.17, 15) is 0 Å². The number of anilines is 3. The number of hydrogen-bond donors (Lipinski definition) is 0. The Labute approximate surface area is 366 Å². The number of benzene rings is 10. The first kappa shape index (κ1) is 36.5. The molecule has 10 aromatic carbocycles. The highest BCUT2D eigenvalue weighted by Gasteiger charge is 2.19. The standard InChI is InChI=1S/C60H40N2O/c1-3-15-41(16-4-1)42-29-31-46(32-30-42)61(47-33-35-48(36-34-47)62-57-26-10-7-21-52(57)53-22-8-11-27-58(53)62)49-37-38-50(56(40-49)43-17-5-2-6-18-43)44-19-13-20-45(39-44)51-24-14-25-55-54-23-9-12-28-59(54)63-60(51)55/h1-40H. The molecule has 0 spiro atoms. The summed E-state index contributed by atoms with van der Waals surface area (Å²) in [6, 6.07) is 87.1. The molecular weight excluding hydrogens is 765 g/mol. The molecule has 0 aliphatic carbocycles. The Kier molecular flexibility index (Phi) is 8.83. The van der Waals surface area contributed by atoms with Crippen molar-refractivity contribution < 1.29 is 4.42 Å². The number of fused-ring (bicyclic) bond motifs is 6. The van der Waals surface area contributed by atoms with Crippen molar-refractivity contribution in [2.75, 3.05) is 4.90 Å². The fraction of sp³-hybridized carbons (Fsp3) is 0. The van der Waals surface area contributed by atoms with Crippen LogP contribution in [0.15, 0.2) is 247 Å².